The largest absolute Gasteiger partial charge is 0.864 e. The monoisotopic (exact) mass is 1520 g/mol. The van der Waals surface area contributed by atoms with Crippen molar-refractivity contribution < 1.29 is 70.5 Å². The molecule has 0 amide bonds. The van der Waals surface area contributed by atoms with Crippen LogP contribution in [-0.4, -0.2) is 103 Å². The van der Waals surface area contributed by atoms with Crippen molar-refractivity contribution in [2.75, 3.05) is 26.9 Å². The average Bonchev–Trinajstić information content (AvgIpc) is 1.64. The molecule has 0 aromatic heterocycles. The minimum atomic E-state index is -3.30. The molecule has 3 N–H and O–H groups in total. The van der Waals surface area contributed by atoms with Crippen molar-refractivity contribution in [1.82, 2.24) is 0 Å². The van der Waals surface area contributed by atoms with Gasteiger partial charge in [-0.15, -0.1) is 0 Å². The van der Waals surface area contributed by atoms with E-state index in [-0.39, 0.29) is 40.8 Å². The number of para-hydroxylation sites is 4. The molecule has 11 aromatic rings. The number of methoxy groups -OCH3 is 1. The van der Waals surface area contributed by atoms with Crippen LogP contribution in [0.25, 0.3) is 0 Å². The normalized spacial score (nSPS) is 11.7. The van der Waals surface area contributed by atoms with Crippen molar-refractivity contribution in [2.24, 2.45) is 0 Å². The predicted octanol–water partition coefficient (Wildman–Crippen LogP) is 17.0. The number of aromatic carboxylic acids is 1. The highest BCUT2D eigenvalue weighted by Gasteiger charge is 2.51. The Bertz CT molecular complexity index is 4200. The molecule has 0 spiro atoms. The van der Waals surface area contributed by atoms with E-state index in [0.29, 0.717) is 48.7 Å². The topological polar surface area (TPSA) is 212 Å². The van der Waals surface area contributed by atoms with Crippen LogP contribution in [0.1, 0.15) is 78.1 Å². The molecular weight excluding hydrogens is 1420 g/mol. The highest BCUT2D eigenvalue weighted by atomic mass is 33.1. The first-order valence-electron chi connectivity index (χ1n) is 36.5. The van der Waals surface area contributed by atoms with E-state index >= 15 is 0 Å². The lowest BCUT2D eigenvalue weighted by Gasteiger charge is -2.32. The SMILES string of the molecule is CB(C)C.CCCOB(OCCC)OCCC.COc1ccc(B2OC(C)(C)C(C)(C)O2)cc1.O=C(O)c1ccccc1O.O=S(=O)(Sc1ccccc1)c1ccccc1.O=c1cccccc1O.c1ccc(B(c2ccccc2)c2ccccc2)cc1.c1ccc(OB(Oc2ccccc2)Oc2ccccc2)cc1. The van der Waals surface area contributed by atoms with Crippen molar-refractivity contribution in [1.29, 1.82) is 0 Å². The summed E-state index contributed by atoms with van der Waals surface area (Å²) in [5.74, 6) is 1.36. The van der Waals surface area contributed by atoms with Crippen LogP contribution < -0.4 is 46.0 Å². The molecule has 12 rings (SSSR count). The number of carboxylic acids is 1. The van der Waals surface area contributed by atoms with Gasteiger partial charge in [0.25, 0.3) is 0 Å². The Morgan fingerprint density at radius 3 is 1.09 bits per heavy atom. The molecule has 1 saturated heterocycles. The van der Waals surface area contributed by atoms with Crippen LogP contribution >= 0.6 is 10.8 Å². The molecule has 1 aliphatic heterocycles. The first-order valence-corrected chi connectivity index (χ1v) is 39.3. The Morgan fingerprint density at radius 2 is 0.745 bits per heavy atom. The second-order valence-electron chi connectivity index (χ2n) is 25.9. The van der Waals surface area contributed by atoms with Crippen LogP contribution in [0.15, 0.2) is 336 Å². The molecule has 1 fully saturated rings. The predicted molar refractivity (Wildman–Crippen MR) is 453 cm³/mol. The molecule has 16 nitrogen and oxygen atoms in total. The Kier molecular flexibility index (Phi) is 41.5. The third kappa shape index (κ3) is 34.6. The van der Waals surface area contributed by atoms with Crippen molar-refractivity contribution in [3.8, 4) is 34.5 Å². The van der Waals surface area contributed by atoms with Crippen molar-refractivity contribution in [3.05, 3.63) is 337 Å². The fourth-order valence-electron chi connectivity index (χ4n) is 9.36. The van der Waals surface area contributed by atoms with Crippen LogP contribution in [-0.2, 0) is 32.1 Å². The fourth-order valence-corrected chi connectivity index (χ4v) is 12.2. The highest BCUT2D eigenvalue weighted by molar-refractivity contribution is 8.72. The van der Waals surface area contributed by atoms with Gasteiger partial charge in [-0.2, -0.15) is 0 Å². The maximum atomic E-state index is 12.0. The Balaban J connectivity index is 0.000000232. The van der Waals surface area contributed by atoms with Crippen molar-refractivity contribution in [3.63, 3.8) is 0 Å². The molecule has 0 bridgehead atoms. The van der Waals surface area contributed by atoms with Gasteiger partial charge in [0.05, 0.1) is 23.2 Å². The van der Waals surface area contributed by atoms with Crippen LogP contribution in [0.5, 0.6) is 34.5 Å². The number of hydrogen-bond donors (Lipinski definition) is 3. The summed E-state index contributed by atoms with van der Waals surface area (Å²) in [6.45, 7) is 24.1. The number of phenols is 1. The Morgan fingerprint density at radius 1 is 0.427 bits per heavy atom. The van der Waals surface area contributed by atoms with Gasteiger partial charge >= 0.3 is 27.7 Å². The lowest BCUT2D eigenvalue weighted by molar-refractivity contribution is 0.00578. The second-order valence-corrected chi connectivity index (χ2v) is 29.7. The molecule has 0 saturated carbocycles. The standard InChI is InChI=1S/C18H15BO3.C18H15B.C13H19BO3.C12H10O2S2.C9H21BO3.C7H6O3.C7H6O2.C3H9B/c1-4-10-16(11-5-1)20-19(21-17-12-6-2-7-13-17)22-18-14-8-3-9-15-18;1-4-10-16(11-5-1)19(17-12-6-2-7-13-17)18-14-8-3-9-15-18;1-12(2)13(3,4)17-14(16-12)10-6-8-11(15-5)9-7-10;13-16(14,12-9-5-2-6-10-12)15-11-7-3-1-4-8-11;1-4-7-11-10(12-8-5-2)13-9-6-3;8-6-4-2-1-3-5(6)7(9)10;8-6-4-2-1-3-5-7(6)9;1-4(2)3/h1-15H;1-15H;6-9H,1-5H3;1-10H;4-9H2,1-3H3;1-4,8H,(H,9,10);1-5H,(H,8,9);1-3H3. The van der Waals surface area contributed by atoms with Crippen molar-refractivity contribution >= 4 is 82.7 Å². The van der Waals surface area contributed by atoms with Crippen LogP contribution in [0.4, 0.5) is 0 Å². The summed E-state index contributed by atoms with van der Waals surface area (Å²) in [7, 11) is -2.40. The van der Waals surface area contributed by atoms with Gasteiger partial charge in [0.1, 0.15) is 41.0 Å². The molecule has 11 aromatic carbocycles. The lowest BCUT2D eigenvalue weighted by Crippen LogP contribution is -2.51. The zero-order valence-electron chi connectivity index (χ0n) is 64.7. The fraction of sp³-hybridized carbons (Fsp3) is 0.218. The molecular formula is C87H101B5O16S2. The zero-order chi connectivity index (χ0) is 79.8. The quantitative estimate of drug-likeness (QED) is 0.0379. The van der Waals surface area contributed by atoms with E-state index < -0.39 is 29.5 Å². The number of ether oxygens (including phenoxy) is 1. The third-order valence-electron chi connectivity index (χ3n) is 15.4. The summed E-state index contributed by atoms with van der Waals surface area (Å²) in [5, 5.41) is 26.1. The van der Waals surface area contributed by atoms with E-state index in [1.54, 1.807) is 79.9 Å². The molecule has 1 aliphatic rings. The van der Waals surface area contributed by atoms with Gasteiger partial charge in [-0.25, -0.2) is 13.2 Å². The number of carbonyl (C=O) groups is 1. The van der Waals surface area contributed by atoms with E-state index in [1.165, 1.54) is 40.7 Å². The summed E-state index contributed by atoms with van der Waals surface area (Å²) in [6.07, 6.45) is 2.96. The summed E-state index contributed by atoms with van der Waals surface area (Å²) < 4.78 is 74.4. The van der Waals surface area contributed by atoms with Crippen LogP contribution in [0.3, 0.4) is 0 Å². The zero-order valence-corrected chi connectivity index (χ0v) is 66.3. The second kappa shape index (κ2) is 50.5. The molecule has 0 radical (unpaired) electrons. The van der Waals surface area contributed by atoms with Gasteiger partial charge in [0.15, 0.2) is 5.75 Å². The molecule has 0 unspecified atom stereocenters. The molecule has 23 heteroatoms. The van der Waals surface area contributed by atoms with Gasteiger partial charge in [0.2, 0.25) is 21.0 Å². The first kappa shape index (κ1) is 90.4. The van der Waals surface area contributed by atoms with Crippen LogP contribution in [0.2, 0.25) is 20.5 Å². The summed E-state index contributed by atoms with van der Waals surface area (Å²) in [6, 6.07) is 99.0. The number of rotatable bonds is 24. The maximum absolute atomic E-state index is 12.0. The molecule has 110 heavy (non-hydrogen) atoms. The van der Waals surface area contributed by atoms with E-state index in [1.807, 2.05) is 133 Å². The number of carboxylic acid groups (broad SMARTS) is 1. The van der Waals surface area contributed by atoms with E-state index in [0.717, 1.165) is 52.9 Å². The van der Waals surface area contributed by atoms with E-state index in [2.05, 4.69) is 160 Å². The molecule has 0 atom stereocenters. The summed E-state index contributed by atoms with van der Waals surface area (Å²) in [4.78, 5) is 21.9. The third-order valence-corrected chi connectivity index (χ3v) is 18.8. The van der Waals surface area contributed by atoms with Gasteiger partial charge in [-0.05, 0) is 149 Å². The van der Waals surface area contributed by atoms with Gasteiger partial charge in [-0.1, -0.05) is 282 Å². The van der Waals surface area contributed by atoms with E-state index in [9.17, 15) is 18.0 Å². The smallest absolute Gasteiger partial charge is 0.507 e. The molecule has 1 heterocycles. The lowest BCUT2D eigenvalue weighted by atomic mass is 9.37. The highest BCUT2D eigenvalue weighted by Crippen LogP contribution is 2.37. The number of benzene rings is 10. The molecule has 572 valence electrons. The Hall–Kier alpha value is -10.2. The minimum absolute atomic E-state index is 0.0671. The van der Waals surface area contributed by atoms with Gasteiger partial charge in [0, 0.05) is 35.5 Å². The summed E-state index contributed by atoms with van der Waals surface area (Å²) >= 11 is 0. The van der Waals surface area contributed by atoms with Crippen molar-refractivity contribution in [2.45, 2.75) is 109 Å². The minimum Gasteiger partial charge on any atom is -0.507 e. The molecule has 0 aliphatic carbocycles. The average molecular weight is 1520 g/mol. The maximum Gasteiger partial charge on any atom is 0.864 e. The van der Waals surface area contributed by atoms with Gasteiger partial charge in [-0.3, -0.25) is 4.79 Å². The Labute approximate surface area is 657 Å². The first-order chi connectivity index (χ1) is 53.0. The number of aromatic hydroxyl groups is 2. The summed E-state index contributed by atoms with van der Waals surface area (Å²) in [5.41, 5.74) is 4.02. The number of hydrogen-bond acceptors (Lipinski definition) is 16. The van der Waals surface area contributed by atoms with E-state index in [4.69, 9.17) is 57.3 Å². The van der Waals surface area contributed by atoms with Crippen LogP contribution in [0, 0.1) is 0 Å². The van der Waals surface area contributed by atoms with Gasteiger partial charge < -0.3 is 57.3 Å².